The summed E-state index contributed by atoms with van der Waals surface area (Å²) in [7, 11) is 1.33. The van der Waals surface area contributed by atoms with Gasteiger partial charge in [-0.1, -0.05) is 58.1 Å². The highest BCUT2D eigenvalue weighted by molar-refractivity contribution is 5.44. The second-order valence-electron chi connectivity index (χ2n) is 6.30. The number of halogens is 3. The zero-order chi connectivity index (χ0) is 23.1. The summed E-state index contributed by atoms with van der Waals surface area (Å²) < 4.78 is 45.1. The van der Waals surface area contributed by atoms with E-state index in [2.05, 4.69) is 44.7 Å². The molecule has 0 aromatic carbocycles. The van der Waals surface area contributed by atoms with E-state index in [0.717, 1.165) is 0 Å². The van der Waals surface area contributed by atoms with Crippen molar-refractivity contribution in [3.63, 3.8) is 0 Å². The van der Waals surface area contributed by atoms with Gasteiger partial charge in [-0.25, -0.2) is 8.78 Å². The Morgan fingerprint density at radius 2 is 1.59 bits per heavy atom. The standard InChI is InChI=1S/C21H25F3O2.C3H6/c1-13(9-11-15(3)20(23)21(24)17(5)25)8-10-14(2)16(4)12-19(22)18(6)26-7;1-3-2/h12-14,25H,3-6,8,10H2,1-2,7H3;3H,1H2,2H3/b19-12+,21-20-;. The fourth-order valence-electron chi connectivity index (χ4n) is 1.76. The van der Waals surface area contributed by atoms with E-state index in [1.165, 1.54) is 13.2 Å². The Morgan fingerprint density at radius 3 is 2.03 bits per heavy atom. The van der Waals surface area contributed by atoms with Crippen LogP contribution in [0.3, 0.4) is 0 Å². The topological polar surface area (TPSA) is 29.5 Å². The number of hydrogen-bond donors (Lipinski definition) is 1. The molecule has 0 spiro atoms. The maximum Gasteiger partial charge on any atom is 0.200 e. The first-order valence-corrected chi connectivity index (χ1v) is 8.93. The summed E-state index contributed by atoms with van der Waals surface area (Å²) in [4.78, 5) is 0. The lowest BCUT2D eigenvalue weighted by molar-refractivity contribution is 0.285. The van der Waals surface area contributed by atoms with Gasteiger partial charge < -0.3 is 9.84 Å². The SMILES string of the molecule is C=C(O)/C(F)=C(/F)C(=C)C#CC(C)CCC(C)C(=C)/C=C(/F)C(=C)OC.C=CC. The molecule has 160 valence electrons. The van der Waals surface area contributed by atoms with Crippen LogP contribution in [0.5, 0.6) is 0 Å². The molecule has 2 nitrogen and oxygen atoms in total. The molecule has 2 unspecified atom stereocenters. The molecule has 0 aromatic rings. The van der Waals surface area contributed by atoms with Gasteiger partial charge in [-0.05, 0) is 37.3 Å². The van der Waals surface area contributed by atoms with E-state index < -0.39 is 23.2 Å². The van der Waals surface area contributed by atoms with Crippen LogP contribution in [0.15, 0.2) is 85.2 Å². The molecule has 0 saturated carbocycles. The first-order chi connectivity index (χ1) is 13.4. The quantitative estimate of drug-likeness (QED) is 0.184. The van der Waals surface area contributed by atoms with Gasteiger partial charge in [0.2, 0.25) is 5.83 Å². The highest BCUT2D eigenvalue weighted by Gasteiger charge is 2.12. The predicted molar refractivity (Wildman–Crippen MR) is 116 cm³/mol. The Kier molecular flexibility index (Phi) is 14.8. The Bertz CT molecular complexity index is 746. The highest BCUT2D eigenvalue weighted by Crippen LogP contribution is 2.23. The van der Waals surface area contributed by atoms with Crippen molar-refractivity contribution in [2.75, 3.05) is 7.11 Å². The molecule has 0 saturated heterocycles. The number of hydrogen-bond acceptors (Lipinski definition) is 2. The van der Waals surface area contributed by atoms with Crippen molar-refractivity contribution in [1.29, 1.82) is 0 Å². The van der Waals surface area contributed by atoms with Gasteiger partial charge in [0.1, 0.15) is 11.5 Å². The van der Waals surface area contributed by atoms with Gasteiger partial charge in [-0.2, -0.15) is 4.39 Å². The van der Waals surface area contributed by atoms with E-state index in [4.69, 9.17) is 9.84 Å². The largest absolute Gasteiger partial charge is 0.505 e. The minimum atomic E-state index is -1.48. The first-order valence-electron chi connectivity index (χ1n) is 8.93. The van der Waals surface area contributed by atoms with Gasteiger partial charge in [0, 0.05) is 5.92 Å². The zero-order valence-corrected chi connectivity index (χ0v) is 17.7. The first kappa shape index (κ1) is 28.3. The lowest BCUT2D eigenvalue weighted by Gasteiger charge is -2.13. The van der Waals surface area contributed by atoms with Crippen LogP contribution in [0.25, 0.3) is 0 Å². The molecule has 1 N–H and O–H groups in total. The van der Waals surface area contributed by atoms with E-state index in [1.807, 2.05) is 20.8 Å². The van der Waals surface area contributed by atoms with Crippen molar-refractivity contribution in [2.24, 2.45) is 11.8 Å². The molecule has 0 radical (unpaired) electrons. The van der Waals surface area contributed by atoms with E-state index in [1.54, 1.807) is 6.08 Å². The number of allylic oxidation sites excluding steroid dienone is 7. The van der Waals surface area contributed by atoms with Gasteiger partial charge >= 0.3 is 0 Å². The highest BCUT2D eigenvalue weighted by atomic mass is 19.2. The molecule has 0 bridgehead atoms. The normalized spacial score (nSPS) is 13.3. The van der Waals surface area contributed by atoms with Gasteiger partial charge in [0.25, 0.3) is 0 Å². The van der Waals surface area contributed by atoms with Crippen molar-refractivity contribution in [1.82, 2.24) is 0 Å². The summed E-state index contributed by atoms with van der Waals surface area (Å²) in [6, 6.07) is 0. The third-order valence-electron chi connectivity index (χ3n) is 3.67. The number of aliphatic hydroxyl groups excluding tert-OH is 1. The second-order valence-corrected chi connectivity index (χ2v) is 6.30. The van der Waals surface area contributed by atoms with Gasteiger partial charge in [0.15, 0.2) is 11.7 Å². The lowest BCUT2D eigenvalue weighted by Crippen LogP contribution is -2.01. The zero-order valence-electron chi connectivity index (χ0n) is 17.7. The molecule has 2 atom stereocenters. The van der Waals surface area contributed by atoms with Crippen LogP contribution < -0.4 is 0 Å². The summed E-state index contributed by atoms with van der Waals surface area (Å²) in [5.41, 5.74) is 0.216. The van der Waals surface area contributed by atoms with Crippen LogP contribution in [0.4, 0.5) is 13.2 Å². The lowest BCUT2D eigenvalue weighted by atomic mass is 9.92. The molecule has 5 heteroatoms. The van der Waals surface area contributed by atoms with Crippen LogP contribution in [0, 0.1) is 23.7 Å². The fourth-order valence-corrected chi connectivity index (χ4v) is 1.76. The van der Waals surface area contributed by atoms with Crippen LogP contribution in [-0.2, 0) is 4.74 Å². The van der Waals surface area contributed by atoms with Gasteiger partial charge in [-0.15, -0.1) is 6.58 Å². The predicted octanol–water partition coefficient (Wildman–Crippen LogP) is 7.58. The Balaban J connectivity index is 0. The summed E-state index contributed by atoms with van der Waals surface area (Å²) in [6.45, 7) is 22.4. The summed E-state index contributed by atoms with van der Waals surface area (Å²) in [5, 5.41) is 8.82. The maximum atomic E-state index is 13.7. The fraction of sp³-hybridized carbons (Fsp3) is 0.333. The van der Waals surface area contributed by atoms with Crippen LogP contribution in [0.1, 0.15) is 33.6 Å². The third kappa shape index (κ3) is 12.2. The molecular formula is C24H31F3O2. The minimum absolute atomic E-state index is 0.00959. The Labute approximate surface area is 173 Å². The van der Waals surface area contributed by atoms with E-state index in [0.29, 0.717) is 18.4 Å². The van der Waals surface area contributed by atoms with Gasteiger partial charge in [-0.3, -0.25) is 0 Å². The van der Waals surface area contributed by atoms with Crippen LogP contribution in [0.2, 0.25) is 0 Å². The van der Waals surface area contributed by atoms with E-state index >= 15 is 0 Å². The molecule has 0 rings (SSSR count). The molecule has 0 aromatic heterocycles. The van der Waals surface area contributed by atoms with Crippen LogP contribution >= 0.6 is 0 Å². The van der Waals surface area contributed by atoms with Crippen molar-refractivity contribution >= 4 is 0 Å². The number of methoxy groups -OCH3 is 1. The van der Waals surface area contributed by atoms with E-state index in [-0.39, 0.29) is 23.2 Å². The summed E-state index contributed by atoms with van der Waals surface area (Å²) >= 11 is 0. The Morgan fingerprint density at radius 1 is 1.07 bits per heavy atom. The van der Waals surface area contributed by atoms with E-state index in [9.17, 15) is 13.2 Å². The molecule has 0 aliphatic carbocycles. The van der Waals surface area contributed by atoms with Crippen molar-refractivity contribution in [2.45, 2.75) is 33.6 Å². The van der Waals surface area contributed by atoms with Crippen molar-refractivity contribution in [3.05, 3.63) is 85.2 Å². The average Bonchev–Trinajstić information content (AvgIpc) is 2.68. The number of ether oxygens (including phenoxy) is 1. The maximum absolute atomic E-state index is 13.7. The van der Waals surface area contributed by atoms with Crippen LogP contribution in [-0.4, -0.2) is 12.2 Å². The monoisotopic (exact) mass is 408 g/mol. The summed E-state index contributed by atoms with van der Waals surface area (Å²) in [5.74, 6) is 0.590. The summed E-state index contributed by atoms with van der Waals surface area (Å²) in [6.07, 6.45) is 4.34. The second kappa shape index (κ2) is 15.1. The molecular weight excluding hydrogens is 377 g/mol. The molecule has 0 aliphatic heterocycles. The molecule has 29 heavy (non-hydrogen) atoms. The number of rotatable bonds is 9. The Hall–Kier alpha value is -2.87. The molecule has 0 amide bonds. The molecule has 0 fully saturated rings. The number of aliphatic hydroxyl groups is 1. The average molecular weight is 409 g/mol. The van der Waals surface area contributed by atoms with Crippen molar-refractivity contribution < 1.29 is 23.0 Å². The smallest absolute Gasteiger partial charge is 0.200 e. The minimum Gasteiger partial charge on any atom is -0.505 e. The van der Waals surface area contributed by atoms with Gasteiger partial charge in [0.05, 0.1) is 12.7 Å². The van der Waals surface area contributed by atoms with Crippen molar-refractivity contribution in [3.8, 4) is 11.8 Å². The third-order valence-corrected chi connectivity index (χ3v) is 3.67. The molecule has 0 heterocycles. The molecule has 0 aliphatic rings.